The van der Waals surface area contributed by atoms with Crippen LogP contribution in [0, 0.1) is 9.49 Å². The van der Waals surface area contributed by atoms with Crippen molar-refractivity contribution in [2.75, 3.05) is 0 Å². The lowest BCUT2D eigenvalue weighted by molar-refractivity contribution is 0.332. The van der Waals surface area contributed by atoms with Gasteiger partial charge in [0.1, 0.15) is 5.82 Å². The van der Waals surface area contributed by atoms with E-state index in [2.05, 4.69) is 66.1 Å². The fourth-order valence-electron chi connectivity index (χ4n) is 2.98. The predicted octanol–water partition coefficient (Wildman–Crippen LogP) is 5.94. The molecule has 0 bridgehead atoms. The summed E-state index contributed by atoms with van der Waals surface area (Å²) < 4.78 is 3.56. The largest absolute Gasteiger partial charge is 0.324 e. The van der Waals surface area contributed by atoms with Crippen LogP contribution in [0.4, 0.5) is 0 Å². The Morgan fingerprint density at radius 3 is 2.45 bits per heavy atom. The Hall–Kier alpha value is -0.290. The second kappa shape index (κ2) is 6.65. The van der Waals surface area contributed by atoms with Crippen LogP contribution >= 0.6 is 34.2 Å². The fourth-order valence-corrected chi connectivity index (χ4v) is 3.61. The number of halogens is 2. The smallest absolute Gasteiger partial charge is 0.127 e. The molecule has 0 fully saturated rings. The first kappa shape index (κ1) is 16.1. The third-order valence-electron chi connectivity index (χ3n) is 4.17. The minimum Gasteiger partial charge on any atom is -0.324 e. The van der Waals surface area contributed by atoms with Gasteiger partial charge in [0.25, 0.3) is 0 Å². The zero-order chi connectivity index (χ0) is 14.9. The molecule has 2 aromatic rings. The quantitative estimate of drug-likeness (QED) is 0.445. The molecule has 20 heavy (non-hydrogen) atoms. The van der Waals surface area contributed by atoms with E-state index in [9.17, 15) is 0 Å². The van der Waals surface area contributed by atoms with E-state index in [0.717, 1.165) is 11.3 Å². The number of fused-ring (bicyclic) bond motifs is 1. The second-order valence-electron chi connectivity index (χ2n) is 5.41. The highest BCUT2D eigenvalue weighted by Gasteiger charge is 2.23. The van der Waals surface area contributed by atoms with Gasteiger partial charge < -0.3 is 4.57 Å². The molecule has 2 nitrogen and oxygen atoms in total. The molecule has 1 aromatic heterocycles. The summed E-state index contributed by atoms with van der Waals surface area (Å²) in [6.07, 6.45) is 2.36. The van der Waals surface area contributed by atoms with Crippen LogP contribution in [-0.4, -0.2) is 9.55 Å². The summed E-state index contributed by atoms with van der Waals surface area (Å²) in [4.78, 5) is 4.77. The average Bonchev–Trinajstić information content (AvgIpc) is 2.78. The minimum absolute atomic E-state index is 0.0723. The van der Waals surface area contributed by atoms with Crippen molar-refractivity contribution in [3.63, 3.8) is 0 Å². The lowest BCUT2D eigenvalue weighted by Crippen LogP contribution is -2.18. The summed E-state index contributed by atoms with van der Waals surface area (Å²) in [5.41, 5.74) is 2.25. The number of nitrogens with zero attached hydrogens (tertiary/aromatic N) is 2. The van der Waals surface area contributed by atoms with E-state index in [-0.39, 0.29) is 5.38 Å². The van der Waals surface area contributed by atoms with Crippen molar-refractivity contribution >= 4 is 45.2 Å². The summed E-state index contributed by atoms with van der Waals surface area (Å²) in [5.74, 6) is 1.64. The fraction of sp³-hybridized carbons (Fsp3) is 0.562. The van der Waals surface area contributed by atoms with Gasteiger partial charge in [-0.3, -0.25) is 0 Å². The van der Waals surface area contributed by atoms with Crippen molar-refractivity contribution in [3.8, 4) is 0 Å². The number of imidazole rings is 1. The third-order valence-corrected chi connectivity index (χ3v) is 5.04. The van der Waals surface area contributed by atoms with Gasteiger partial charge >= 0.3 is 0 Å². The van der Waals surface area contributed by atoms with Crippen LogP contribution in [-0.2, 0) is 0 Å². The van der Waals surface area contributed by atoms with Crippen molar-refractivity contribution in [1.29, 1.82) is 0 Å². The molecule has 4 heteroatoms. The number of benzene rings is 1. The first-order valence-electron chi connectivity index (χ1n) is 7.31. The number of hydrogen-bond acceptors (Lipinski definition) is 1. The molecular weight excluding hydrogens is 383 g/mol. The normalized spacial score (nSPS) is 14.9. The molecule has 0 N–H and O–H groups in total. The monoisotopic (exact) mass is 404 g/mol. The Kier molecular flexibility index (Phi) is 5.35. The molecular formula is C16H22ClIN2. The number of hydrogen-bond donors (Lipinski definition) is 0. The molecule has 2 rings (SSSR count). The van der Waals surface area contributed by atoms with Crippen LogP contribution in [0.15, 0.2) is 18.2 Å². The van der Waals surface area contributed by atoms with Gasteiger partial charge in [-0.15, -0.1) is 11.6 Å². The maximum atomic E-state index is 6.37. The zero-order valence-corrected chi connectivity index (χ0v) is 15.4. The van der Waals surface area contributed by atoms with Gasteiger partial charge in [0.05, 0.1) is 16.4 Å². The Morgan fingerprint density at radius 1 is 1.25 bits per heavy atom. The predicted molar refractivity (Wildman–Crippen MR) is 95.5 cm³/mol. The van der Waals surface area contributed by atoms with Crippen molar-refractivity contribution in [2.24, 2.45) is 5.92 Å². The van der Waals surface area contributed by atoms with E-state index < -0.39 is 0 Å². The molecule has 0 aliphatic heterocycles. The number of rotatable bonds is 5. The molecule has 2 atom stereocenters. The number of aromatic nitrogens is 2. The van der Waals surface area contributed by atoms with Crippen LogP contribution < -0.4 is 0 Å². The number of alkyl halides is 1. The molecule has 110 valence electrons. The Morgan fingerprint density at radius 2 is 1.90 bits per heavy atom. The Balaban J connectivity index is 2.62. The van der Waals surface area contributed by atoms with Crippen molar-refractivity contribution in [1.82, 2.24) is 9.55 Å². The van der Waals surface area contributed by atoms with E-state index in [1.54, 1.807) is 0 Å². The molecule has 2 unspecified atom stereocenters. The zero-order valence-electron chi connectivity index (χ0n) is 12.5. The second-order valence-corrected chi connectivity index (χ2v) is 7.31. The molecule has 0 amide bonds. The Bertz CT molecular complexity index is 587. The molecule has 0 aliphatic carbocycles. The molecule has 0 spiro atoms. The van der Waals surface area contributed by atoms with Gasteiger partial charge in [-0.1, -0.05) is 26.7 Å². The molecule has 1 aromatic carbocycles. The van der Waals surface area contributed by atoms with Crippen LogP contribution in [0.1, 0.15) is 57.8 Å². The van der Waals surface area contributed by atoms with E-state index in [1.807, 2.05) is 6.92 Å². The van der Waals surface area contributed by atoms with Crippen molar-refractivity contribution < 1.29 is 0 Å². The van der Waals surface area contributed by atoms with Crippen molar-refractivity contribution in [2.45, 2.75) is 52.0 Å². The topological polar surface area (TPSA) is 17.8 Å². The van der Waals surface area contributed by atoms with E-state index in [0.29, 0.717) is 12.0 Å². The SMILES string of the molecule is CCC(CC)C(C)n1c(C(C)Cl)nc2cc(I)ccc21. The molecule has 1 heterocycles. The Labute approximate surface area is 140 Å². The summed E-state index contributed by atoms with van der Waals surface area (Å²) >= 11 is 8.70. The van der Waals surface area contributed by atoms with Crippen LogP contribution in [0.25, 0.3) is 11.0 Å². The van der Waals surface area contributed by atoms with E-state index in [4.69, 9.17) is 16.6 Å². The highest BCUT2D eigenvalue weighted by atomic mass is 127. The highest BCUT2D eigenvalue weighted by molar-refractivity contribution is 14.1. The lowest BCUT2D eigenvalue weighted by atomic mass is 9.95. The molecule has 0 saturated heterocycles. The van der Waals surface area contributed by atoms with Gasteiger partial charge in [0, 0.05) is 9.61 Å². The standard InChI is InChI=1S/C16H22ClIN2/c1-5-12(6-2)11(4)20-15-8-7-13(18)9-14(15)19-16(20)10(3)17/h7-12H,5-6H2,1-4H3. The third kappa shape index (κ3) is 2.98. The average molecular weight is 405 g/mol. The summed E-state index contributed by atoms with van der Waals surface area (Å²) in [7, 11) is 0. The van der Waals surface area contributed by atoms with E-state index in [1.165, 1.54) is 21.9 Å². The first-order valence-corrected chi connectivity index (χ1v) is 8.82. The molecule has 0 saturated carbocycles. The highest BCUT2D eigenvalue weighted by Crippen LogP contribution is 2.33. The van der Waals surface area contributed by atoms with Gasteiger partial charge in [-0.2, -0.15) is 0 Å². The van der Waals surface area contributed by atoms with Crippen molar-refractivity contribution in [3.05, 3.63) is 27.6 Å². The van der Waals surface area contributed by atoms with Crippen LogP contribution in [0.2, 0.25) is 0 Å². The summed E-state index contributed by atoms with van der Waals surface area (Å²) in [5, 5.41) is -0.0723. The van der Waals surface area contributed by atoms with Gasteiger partial charge in [0.15, 0.2) is 0 Å². The summed E-state index contributed by atoms with van der Waals surface area (Å²) in [6.45, 7) is 8.82. The molecule has 0 radical (unpaired) electrons. The molecule has 0 aliphatic rings. The first-order chi connectivity index (χ1) is 9.49. The summed E-state index contributed by atoms with van der Waals surface area (Å²) in [6, 6.07) is 6.87. The van der Waals surface area contributed by atoms with Gasteiger partial charge in [-0.25, -0.2) is 4.98 Å². The maximum absolute atomic E-state index is 6.37. The van der Waals surface area contributed by atoms with E-state index >= 15 is 0 Å². The minimum atomic E-state index is -0.0723. The maximum Gasteiger partial charge on any atom is 0.127 e. The van der Waals surface area contributed by atoms with Crippen LogP contribution in [0.3, 0.4) is 0 Å². The van der Waals surface area contributed by atoms with Crippen LogP contribution in [0.5, 0.6) is 0 Å². The lowest BCUT2D eigenvalue weighted by Gasteiger charge is -2.26. The van der Waals surface area contributed by atoms with Gasteiger partial charge in [-0.05, 0) is 60.6 Å². The van der Waals surface area contributed by atoms with Gasteiger partial charge in [0.2, 0.25) is 0 Å².